The molecule has 6 aliphatic rings. The molecule has 0 aliphatic carbocycles. The molecule has 4 bridgehead atoms. The Balaban J connectivity index is 1.14. The van der Waals surface area contributed by atoms with Crippen LogP contribution in [0.3, 0.4) is 0 Å². The van der Waals surface area contributed by atoms with Crippen LogP contribution in [0.4, 0.5) is 11.4 Å². The van der Waals surface area contributed by atoms with E-state index in [1.165, 1.54) is 0 Å². The monoisotopic (exact) mass is 724 g/mol. The lowest BCUT2D eigenvalue weighted by Gasteiger charge is -2.52. The molecule has 6 saturated heterocycles. The first kappa shape index (κ1) is 34.7. The summed E-state index contributed by atoms with van der Waals surface area (Å²) in [5.74, 6) is 3.36. The SMILES string of the molecule is C=CC1CN2CCC1CC2[C@@H](Nc1c(N[C@@H](c2ccnc3ccc(OC)cc23)C2CC3CCN2CC3C=C)c(=O)c1=O)c1ccnc2ccc(OC)cc12. The van der Waals surface area contributed by atoms with Crippen LogP contribution >= 0.6 is 0 Å². The zero-order chi connectivity index (χ0) is 37.1. The highest BCUT2D eigenvalue weighted by Gasteiger charge is 2.46. The molecule has 8 unspecified atom stereocenters. The first-order valence-corrected chi connectivity index (χ1v) is 19.3. The molecular formula is C44H48N6O4. The summed E-state index contributed by atoms with van der Waals surface area (Å²) in [6.45, 7) is 12.1. The lowest BCUT2D eigenvalue weighted by molar-refractivity contribution is 0.0102. The Labute approximate surface area is 315 Å². The van der Waals surface area contributed by atoms with E-state index in [9.17, 15) is 9.59 Å². The standard InChI is InChI=1S/C44H48N6O4/c1-5-25-23-49-17-13-27(25)19-37(49)39(31-11-15-45-35-9-7-29(53-3)21-33(31)35)47-41-42(44(52)43(41)51)48-40(38-20-28-14-18-50(38)24-26(28)6-2)32-12-16-46-36-10-8-30(54-4)22-34(32)36/h5-12,15-16,21-22,25-28,37-40,47-48H,1-2,13-14,17-20,23-24H2,3-4H3/t25?,26?,27?,28?,37?,38?,39-,40-/m0/s1. The summed E-state index contributed by atoms with van der Waals surface area (Å²) in [4.78, 5) is 42.1. The lowest BCUT2D eigenvalue weighted by Crippen LogP contribution is -2.57. The van der Waals surface area contributed by atoms with Crippen molar-refractivity contribution in [3.8, 4) is 11.5 Å². The van der Waals surface area contributed by atoms with Crippen LogP contribution in [0.25, 0.3) is 21.8 Å². The van der Waals surface area contributed by atoms with Gasteiger partial charge in [0.05, 0.1) is 37.3 Å². The third kappa shape index (κ3) is 5.78. The van der Waals surface area contributed by atoms with Crippen molar-refractivity contribution < 1.29 is 9.47 Å². The highest BCUT2D eigenvalue weighted by Crippen LogP contribution is 2.46. The minimum Gasteiger partial charge on any atom is -0.497 e. The van der Waals surface area contributed by atoms with Crippen molar-refractivity contribution >= 4 is 33.2 Å². The molecule has 5 aromatic rings. The molecule has 10 atom stereocenters. The molecule has 6 aliphatic heterocycles. The van der Waals surface area contributed by atoms with Crippen LogP contribution in [-0.2, 0) is 0 Å². The number of fused-ring (bicyclic) bond motifs is 8. The van der Waals surface area contributed by atoms with E-state index in [4.69, 9.17) is 9.47 Å². The second-order valence-corrected chi connectivity index (χ2v) is 15.7. The summed E-state index contributed by atoms with van der Waals surface area (Å²) in [6.07, 6.45) is 12.0. The number of nitrogens with one attached hydrogen (secondary N) is 2. The van der Waals surface area contributed by atoms with Crippen molar-refractivity contribution in [3.05, 3.63) is 118 Å². The van der Waals surface area contributed by atoms with Gasteiger partial charge < -0.3 is 20.1 Å². The number of pyridine rings is 2. The third-order valence-corrected chi connectivity index (χ3v) is 13.2. The third-order valence-electron chi connectivity index (χ3n) is 13.2. The predicted molar refractivity (Wildman–Crippen MR) is 214 cm³/mol. The Hall–Kier alpha value is -5.06. The van der Waals surface area contributed by atoms with Crippen molar-refractivity contribution in [2.45, 2.75) is 49.9 Å². The summed E-state index contributed by atoms with van der Waals surface area (Å²) >= 11 is 0. The van der Waals surface area contributed by atoms with E-state index in [1.54, 1.807) is 14.2 Å². The number of hydrogen-bond donors (Lipinski definition) is 2. The number of rotatable bonds is 12. The van der Waals surface area contributed by atoms with Crippen molar-refractivity contribution in [3.63, 3.8) is 0 Å². The van der Waals surface area contributed by atoms with Crippen LogP contribution in [-0.4, -0.2) is 72.3 Å². The maximum Gasteiger partial charge on any atom is 0.253 e. The van der Waals surface area contributed by atoms with E-state index in [1.807, 2.05) is 60.9 Å². The first-order chi connectivity index (χ1) is 26.4. The highest BCUT2D eigenvalue weighted by molar-refractivity contribution is 5.86. The number of anilines is 2. The van der Waals surface area contributed by atoms with Gasteiger partial charge in [-0.25, -0.2) is 0 Å². The fourth-order valence-electron chi connectivity index (χ4n) is 10.3. The number of piperidine rings is 6. The van der Waals surface area contributed by atoms with Crippen LogP contribution < -0.4 is 31.0 Å². The zero-order valence-corrected chi connectivity index (χ0v) is 31.0. The summed E-state index contributed by atoms with van der Waals surface area (Å²) < 4.78 is 11.3. The van der Waals surface area contributed by atoms with E-state index in [-0.39, 0.29) is 24.2 Å². The zero-order valence-electron chi connectivity index (χ0n) is 31.0. The lowest BCUT2D eigenvalue weighted by atomic mass is 9.72. The Morgan fingerprint density at radius 1 is 0.704 bits per heavy atom. The molecule has 2 aromatic heterocycles. The minimum atomic E-state index is -0.490. The number of methoxy groups -OCH3 is 2. The topological polar surface area (TPSA) is 109 Å². The number of ether oxygens (including phenoxy) is 2. The molecule has 54 heavy (non-hydrogen) atoms. The number of hydrogen-bond acceptors (Lipinski definition) is 10. The molecule has 0 radical (unpaired) electrons. The average molecular weight is 725 g/mol. The number of aromatic nitrogens is 2. The van der Waals surface area contributed by atoms with Crippen molar-refractivity contribution in [1.82, 2.24) is 19.8 Å². The van der Waals surface area contributed by atoms with Crippen LogP contribution in [0.15, 0.2) is 95.8 Å². The number of benzene rings is 2. The van der Waals surface area contributed by atoms with Gasteiger partial charge in [0.1, 0.15) is 22.9 Å². The molecule has 6 fully saturated rings. The van der Waals surface area contributed by atoms with Crippen molar-refractivity contribution in [2.75, 3.05) is 51.0 Å². The molecule has 8 heterocycles. The minimum absolute atomic E-state index is 0.0948. The summed E-state index contributed by atoms with van der Waals surface area (Å²) in [5.41, 5.74) is 3.47. The normalized spacial score (nSPS) is 28.5. The summed E-state index contributed by atoms with van der Waals surface area (Å²) in [7, 11) is 3.33. The second-order valence-electron chi connectivity index (χ2n) is 15.7. The van der Waals surface area contributed by atoms with Gasteiger partial charge in [0.15, 0.2) is 0 Å². The molecule has 11 rings (SSSR count). The molecule has 0 saturated carbocycles. The highest BCUT2D eigenvalue weighted by atomic mass is 16.5. The van der Waals surface area contributed by atoms with Crippen molar-refractivity contribution in [2.24, 2.45) is 23.7 Å². The number of nitrogens with zero attached hydrogens (tertiary/aromatic N) is 4. The maximum atomic E-state index is 13.8. The predicted octanol–water partition coefficient (Wildman–Crippen LogP) is 6.50. The van der Waals surface area contributed by atoms with Crippen LogP contribution in [0.2, 0.25) is 0 Å². The largest absolute Gasteiger partial charge is 0.497 e. The molecule has 10 nitrogen and oxygen atoms in total. The Morgan fingerprint density at radius 3 is 1.52 bits per heavy atom. The van der Waals surface area contributed by atoms with E-state index in [0.717, 1.165) is 96.3 Å². The first-order valence-electron chi connectivity index (χ1n) is 19.3. The Morgan fingerprint density at radius 2 is 1.15 bits per heavy atom. The summed E-state index contributed by atoms with van der Waals surface area (Å²) in [6, 6.07) is 15.6. The molecule has 0 spiro atoms. The fourth-order valence-corrected chi connectivity index (χ4v) is 10.3. The molecule has 278 valence electrons. The van der Waals surface area contributed by atoms with Gasteiger partial charge in [-0.15, -0.1) is 13.2 Å². The van der Waals surface area contributed by atoms with Crippen LogP contribution in [0, 0.1) is 23.7 Å². The molecule has 2 N–H and O–H groups in total. The van der Waals surface area contributed by atoms with Crippen LogP contribution in [0.1, 0.15) is 48.9 Å². The molecule has 3 aromatic carbocycles. The van der Waals surface area contributed by atoms with Gasteiger partial charge >= 0.3 is 0 Å². The van der Waals surface area contributed by atoms with Gasteiger partial charge in [-0.05, 0) is 122 Å². The van der Waals surface area contributed by atoms with Gasteiger partial charge in [0.2, 0.25) is 0 Å². The van der Waals surface area contributed by atoms with E-state index in [2.05, 4.69) is 55.7 Å². The fraction of sp³-hybridized carbons (Fsp3) is 0.409. The van der Waals surface area contributed by atoms with Gasteiger partial charge in [-0.2, -0.15) is 0 Å². The van der Waals surface area contributed by atoms with E-state index < -0.39 is 10.9 Å². The van der Waals surface area contributed by atoms with Gasteiger partial charge in [-0.3, -0.25) is 29.4 Å². The van der Waals surface area contributed by atoms with Crippen molar-refractivity contribution in [1.29, 1.82) is 0 Å². The van der Waals surface area contributed by atoms with Gasteiger partial charge in [0.25, 0.3) is 10.9 Å². The van der Waals surface area contributed by atoms with Gasteiger partial charge in [-0.1, -0.05) is 12.2 Å². The quantitative estimate of drug-likeness (QED) is 0.109. The van der Waals surface area contributed by atoms with E-state index >= 15 is 0 Å². The Kier molecular flexibility index (Phi) is 8.98. The molecule has 0 amide bonds. The van der Waals surface area contributed by atoms with Crippen LogP contribution in [0.5, 0.6) is 11.5 Å². The maximum absolute atomic E-state index is 13.8. The molecule has 10 heteroatoms. The van der Waals surface area contributed by atoms with Gasteiger partial charge in [0, 0.05) is 48.3 Å². The average Bonchev–Trinajstić information content (AvgIpc) is 3.24. The smallest absolute Gasteiger partial charge is 0.253 e. The molecular weight excluding hydrogens is 677 g/mol. The Bertz CT molecular complexity index is 2160. The van der Waals surface area contributed by atoms with E-state index in [0.29, 0.717) is 35.0 Å². The summed E-state index contributed by atoms with van der Waals surface area (Å²) in [5, 5.41) is 9.39. The second kappa shape index (κ2) is 14.0.